The predicted octanol–water partition coefficient (Wildman–Crippen LogP) is 1.66. The van der Waals surface area contributed by atoms with Crippen LogP contribution in [0.2, 0.25) is 0 Å². The van der Waals surface area contributed by atoms with Gasteiger partial charge in [0.15, 0.2) is 0 Å². The smallest absolute Gasteiger partial charge is 0.241 e. The highest BCUT2D eigenvalue weighted by Crippen LogP contribution is 2.02. The fraction of sp³-hybridized carbons (Fsp3) is 0.182. The summed E-state index contributed by atoms with van der Waals surface area (Å²) >= 11 is 0. The quantitative estimate of drug-likeness (QED) is 0.695. The van der Waals surface area contributed by atoms with Crippen LogP contribution in [0.25, 0.3) is 0 Å². The second kappa shape index (κ2) is 5.14. The lowest BCUT2D eigenvalue weighted by Gasteiger charge is -1.95. The molecular formula is C11H13NO. The van der Waals surface area contributed by atoms with Crippen LogP contribution >= 0.6 is 0 Å². The highest BCUT2D eigenvalue weighted by atomic mass is 16.1. The van der Waals surface area contributed by atoms with E-state index in [-0.39, 0.29) is 5.91 Å². The van der Waals surface area contributed by atoms with Crippen molar-refractivity contribution in [3.8, 4) is 0 Å². The number of allylic oxidation sites excluding steroid dienone is 1. The lowest BCUT2D eigenvalue weighted by molar-refractivity contribution is -0.113. The van der Waals surface area contributed by atoms with Crippen LogP contribution in [0.4, 0.5) is 0 Å². The average molecular weight is 175 g/mol. The molecule has 0 saturated heterocycles. The molecule has 0 fully saturated rings. The second-order valence-electron chi connectivity index (χ2n) is 2.83. The van der Waals surface area contributed by atoms with E-state index in [1.807, 2.05) is 18.2 Å². The number of amides is 1. The molecule has 0 heterocycles. The van der Waals surface area contributed by atoms with Crippen LogP contribution in [0.5, 0.6) is 0 Å². The molecule has 0 bridgehead atoms. The van der Waals surface area contributed by atoms with E-state index in [1.54, 1.807) is 6.08 Å². The first kappa shape index (κ1) is 9.52. The van der Waals surface area contributed by atoms with Crippen molar-refractivity contribution in [2.45, 2.75) is 12.8 Å². The van der Waals surface area contributed by atoms with Crippen LogP contribution in [-0.2, 0) is 11.2 Å². The third-order valence-corrected chi connectivity index (χ3v) is 1.72. The normalized spacial score (nSPS) is 10.5. The second-order valence-corrected chi connectivity index (χ2v) is 2.83. The van der Waals surface area contributed by atoms with Gasteiger partial charge in [0.2, 0.25) is 5.91 Å². The zero-order valence-corrected chi connectivity index (χ0v) is 7.44. The lowest BCUT2D eigenvalue weighted by atomic mass is 10.1. The Morgan fingerprint density at radius 2 is 2.00 bits per heavy atom. The Morgan fingerprint density at radius 1 is 1.31 bits per heavy atom. The molecule has 0 aliphatic rings. The van der Waals surface area contributed by atoms with Crippen LogP contribution < -0.4 is 5.73 Å². The van der Waals surface area contributed by atoms with Gasteiger partial charge in [0.1, 0.15) is 0 Å². The average Bonchev–Trinajstić information content (AvgIpc) is 2.14. The van der Waals surface area contributed by atoms with Gasteiger partial charge >= 0.3 is 0 Å². The van der Waals surface area contributed by atoms with Crippen LogP contribution in [0, 0.1) is 0 Å². The number of hydrogen-bond donors (Lipinski definition) is 1. The molecular weight excluding hydrogens is 162 g/mol. The van der Waals surface area contributed by atoms with Crippen molar-refractivity contribution in [3.05, 3.63) is 48.0 Å². The molecule has 2 heteroatoms. The van der Waals surface area contributed by atoms with E-state index in [0.717, 1.165) is 12.8 Å². The Hall–Kier alpha value is -1.57. The summed E-state index contributed by atoms with van der Waals surface area (Å²) in [5.74, 6) is -0.381. The molecule has 2 N–H and O–H groups in total. The van der Waals surface area contributed by atoms with Crippen LogP contribution in [0.1, 0.15) is 12.0 Å². The number of benzene rings is 1. The number of carbonyl (C=O) groups excluding carboxylic acids is 1. The molecule has 0 saturated carbocycles. The summed E-state index contributed by atoms with van der Waals surface area (Å²) in [6, 6.07) is 10.1. The van der Waals surface area contributed by atoms with E-state index in [0.29, 0.717) is 0 Å². The van der Waals surface area contributed by atoms with Crippen molar-refractivity contribution in [3.63, 3.8) is 0 Å². The standard InChI is InChI=1S/C11H13NO/c12-11(13)9-5-4-8-10-6-2-1-3-7-10/h1-3,5-7,9H,4,8H2,(H2,12,13)/b9-5+. The Bertz CT molecular complexity index is 290. The molecule has 0 aliphatic carbocycles. The number of primary amides is 1. The van der Waals surface area contributed by atoms with E-state index in [9.17, 15) is 4.79 Å². The minimum Gasteiger partial charge on any atom is -0.366 e. The Labute approximate surface area is 78.1 Å². The largest absolute Gasteiger partial charge is 0.366 e. The first-order chi connectivity index (χ1) is 6.29. The number of rotatable bonds is 4. The summed E-state index contributed by atoms with van der Waals surface area (Å²) < 4.78 is 0. The molecule has 0 spiro atoms. The SMILES string of the molecule is NC(=O)/C=C/CCc1ccccc1. The van der Waals surface area contributed by atoms with Crippen LogP contribution in [-0.4, -0.2) is 5.91 Å². The third kappa shape index (κ3) is 4.11. The lowest BCUT2D eigenvalue weighted by Crippen LogP contribution is -2.05. The molecule has 1 rings (SSSR count). The molecule has 0 aliphatic heterocycles. The van der Waals surface area contributed by atoms with E-state index in [2.05, 4.69) is 12.1 Å². The summed E-state index contributed by atoms with van der Waals surface area (Å²) in [7, 11) is 0. The molecule has 0 unspecified atom stereocenters. The summed E-state index contributed by atoms with van der Waals surface area (Å²) in [5.41, 5.74) is 6.22. The molecule has 2 nitrogen and oxygen atoms in total. The Morgan fingerprint density at radius 3 is 2.62 bits per heavy atom. The number of aryl methyl sites for hydroxylation is 1. The Balaban J connectivity index is 2.32. The van der Waals surface area contributed by atoms with E-state index in [4.69, 9.17) is 5.73 Å². The van der Waals surface area contributed by atoms with E-state index < -0.39 is 0 Å². The van der Waals surface area contributed by atoms with Crippen molar-refractivity contribution < 1.29 is 4.79 Å². The molecule has 1 aromatic rings. The van der Waals surface area contributed by atoms with Crippen LogP contribution in [0.3, 0.4) is 0 Å². The minimum atomic E-state index is -0.381. The predicted molar refractivity (Wildman–Crippen MR) is 53.1 cm³/mol. The molecule has 13 heavy (non-hydrogen) atoms. The van der Waals surface area contributed by atoms with Crippen molar-refractivity contribution in [1.82, 2.24) is 0 Å². The maximum atomic E-state index is 10.3. The summed E-state index contributed by atoms with van der Waals surface area (Å²) in [4.78, 5) is 10.3. The molecule has 0 radical (unpaired) electrons. The van der Waals surface area contributed by atoms with Crippen LogP contribution in [0.15, 0.2) is 42.5 Å². The van der Waals surface area contributed by atoms with Gasteiger partial charge in [-0.2, -0.15) is 0 Å². The fourth-order valence-electron chi connectivity index (χ4n) is 1.09. The topological polar surface area (TPSA) is 43.1 Å². The summed E-state index contributed by atoms with van der Waals surface area (Å²) in [6.07, 6.45) is 5.01. The molecule has 0 atom stereocenters. The highest BCUT2D eigenvalue weighted by molar-refractivity contribution is 5.85. The van der Waals surface area contributed by atoms with Gasteiger partial charge < -0.3 is 5.73 Å². The zero-order chi connectivity index (χ0) is 9.52. The number of nitrogens with two attached hydrogens (primary N) is 1. The zero-order valence-electron chi connectivity index (χ0n) is 7.44. The summed E-state index contributed by atoms with van der Waals surface area (Å²) in [6.45, 7) is 0. The first-order valence-corrected chi connectivity index (χ1v) is 4.29. The number of carbonyl (C=O) groups is 1. The van der Waals surface area contributed by atoms with Gasteiger partial charge in [0.05, 0.1) is 0 Å². The molecule has 0 aromatic heterocycles. The van der Waals surface area contributed by atoms with Gasteiger partial charge in [0.25, 0.3) is 0 Å². The maximum Gasteiger partial charge on any atom is 0.241 e. The first-order valence-electron chi connectivity index (χ1n) is 4.29. The van der Waals surface area contributed by atoms with Gasteiger partial charge in [-0.05, 0) is 24.5 Å². The Kier molecular flexibility index (Phi) is 3.76. The highest BCUT2D eigenvalue weighted by Gasteiger charge is 1.88. The van der Waals surface area contributed by atoms with Crippen molar-refractivity contribution >= 4 is 5.91 Å². The maximum absolute atomic E-state index is 10.3. The van der Waals surface area contributed by atoms with Crippen molar-refractivity contribution in [2.75, 3.05) is 0 Å². The van der Waals surface area contributed by atoms with Gasteiger partial charge in [-0.15, -0.1) is 0 Å². The van der Waals surface area contributed by atoms with E-state index >= 15 is 0 Å². The van der Waals surface area contributed by atoms with Gasteiger partial charge in [-0.1, -0.05) is 36.4 Å². The van der Waals surface area contributed by atoms with Crippen molar-refractivity contribution in [2.24, 2.45) is 5.73 Å². The third-order valence-electron chi connectivity index (χ3n) is 1.72. The molecule has 1 amide bonds. The fourth-order valence-corrected chi connectivity index (χ4v) is 1.09. The summed E-state index contributed by atoms with van der Waals surface area (Å²) in [5, 5.41) is 0. The van der Waals surface area contributed by atoms with Gasteiger partial charge in [-0.25, -0.2) is 0 Å². The van der Waals surface area contributed by atoms with Crippen molar-refractivity contribution in [1.29, 1.82) is 0 Å². The molecule has 1 aromatic carbocycles. The van der Waals surface area contributed by atoms with Gasteiger partial charge in [-0.3, -0.25) is 4.79 Å². The van der Waals surface area contributed by atoms with Gasteiger partial charge in [0, 0.05) is 0 Å². The monoisotopic (exact) mass is 175 g/mol. The molecule has 68 valence electrons. The number of hydrogen-bond acceptors (Lipinski definition) is 1. The van der Waals surface area contributed by atoms with E-state index in [1.165, 1.54) is 11.6 Å². The minimum absolute atomic E-state index is 0.381.